The van der Waals surface area contributed by atoms with E-state index < -0.39 is 14.8 Å². The van der Waals surface area contributed by atoms with Crippen molar-refractivity contribution >= 4 is 31.0 Å². The van der Waals surface area contributed by atoms with E-state index in [-0.39, 0.29) is 32.2 Å². The standard InChI is InChI=1S/C20H12N4O4S/c21-11-16(12-22)15-9-19(13-1-5-17(23)6-2-13)29(27,28)20(10-15)14-3-7-18(8-4-14)24(25)26/h1-10H,23H2. The van der Waals surface area contributed by atoms with E-state index >= 15 is 0 Å². The van der Waals surface area contributed by atoms with Crippen LogP contribution in [0.4, 0.5) is 11.4 Å². The number of allylic oxidation sites excluding steroid dienone is 4. The molecule has 142 valence electrons. The van der Waals surface area contributed by atoms with E-state index in [2.05, 4.69) is 0 Å². The van der Waals surface area contributed by atoms with E-state index in [0.29, 0.717) is 11.3 Å². The number of nitro groups is 1. The van der Waals surface area contributed by atoms with E-state index in [1.165, 1.54) is 60.7 Å². The average Bonchev–Trinajstić information content (AvgIpc) is 2.70. The Morgan fingerprint density at radius 1 is 0.897 bits per heavy atom. The third-order valence-corrected chi connectivity index (χ3v) is 6.09. The zero-order valence-electron chi connectivity index (χ0n) is 14.7. The minimum absolute atomic E-state index is 0.105. The Bertz CT molecular complexity index is 1270. The highest BCUT2D eigenvalue weighted by atomic mass is 32.2. The molecule has 9 heteroatoms. The lowest BCUT2D eigenvalue weighted by Crippen LogP contribution is -2.11. The highest BCUT2D eigenvalue weighted by molar-refractivity contribution is 8.09. The van der Waals surface area contributed by atoms with Gasteiger partial charge in [0.15, 0.2) is 0 Å². The molecule has 0 unspecified atom stereocenters. The van der Waals surface area contributed by atoms with Crippen molar-refractivity contribution in [1.29, 1.82) is 10.5 Å². The van der Waals surface area contributed by atoms with E-state index in [9.17, 15) is 29.1 Å². The Labute approximate surface area is 166 Å². The Balaban J connectivity index is 2.26. The summed E-state index contributed by atoms with van der Waals surface area (Å²) in [4.78, 5) is 10.0. The SMILES string of the molecule is N#CC(C#N)=C1C=C(c2ccc(N)cc2)S(=O)(=O)C(c2ccc([N+](=O)[O-])cc2)=C1. The lowest BCUT2D eigenvalue weighted by atomic mass is 10.0. The van der Waals surface area contributed by atoms with Crippen molar-refractivity contribution in [3.05, 3.63) is 93.1 Å². The van der Waals surface area contributed by atoms with E-state index in [0.717, 1.165) is 0 Å². The largest absolute Gasteiger partial charge is 0.399 e. The maximum absolute atomic E-state index is 13.3. The van der Waals surface area contributed by atoms with Gasteiger partial charge in [0, 0.05) is 23.4 Å². The maximum Gasteiger partial charge on any atom is 0.269 e. The normalized spacial score (nSPS) is 14.8. The summed E-state index contributed by atoms with van der Waals surface area (Å²) >= 11 is 0. The smallest absolute Gasteiger partial charge is 0.269 e. The first-order valence-corrected chi connectivity index (χ1v) is 9.60. The predicted molar refractivity (Wildman–Crippen MR) is 107 cm³/mol. The fourth-order valence-corrected chi connectivity index (χ4v) is 4.46. The topological polar surface area (TPSA) is 151 Å². The van der Waals surface area contributed by atoms with Gasteiger partial charge in [0.2, 0.25) is 9.84 Å². The second kappa shape index (κ2) is 7.43. The van der Waals surface area contributed by atoms with Crippen molar-refractivity contribution in [2.75, 3.05) is 5.73 Å². The highest BCUT2D eigenvalue weighted by Gasteiger charge is 2.31. The Hall–Kier alpha value is -4.21. The number of non-ortho nitro benzene ring substituents is 1. The first-order chi connectivity index (χ1) is 13.8. The van der Waals surface area contributed by atoms with Crippen LogP contribution in [-0.4, -0.2) is 13.3 Å². The molecular formula is C20H12N4O4S. The van der Waals surface area contributed by atoms with Gasteiger partial charge in [-0.05, 0) is 47.5 Å². The molecule has 0 aliphatic carbocycles. The number of anilines is 1. The van der Waals surface area contributed by atoms with Crippen LogP contribution in [0.15, 0.2) is 71.8 Å². The third kappa shape index (κ3) is 3.63. The Morgan fingerprint density at radius 3 is 1.76 bits per heavy atom. The molecule has 29 heavy (non-hydrogen) atoms. The summed E-state index contributed by atoms with van der Waals surface area (Å²) < 4.78 is 26.5. The third-order valence-electron chi connectivity index (χ3n) is 4.22. The molecule has 0 saturated heterocycles. The molecule has 1 aliphatic rings. The van der Waals surface area contributed by atoms with Crippen molar-refractivity contribution < 1.29 is 13.3 Å². The van der Waals surface area contributed by atoms with Crippen LogP contribution in [0, 0.1) is 32.8 Å². The van der Waals surface area contributed by atoms with Crippen LogP contribution < -0.4 is 5.73 Å². The summed E-state index contributed by atoms with van der Waals surface area (Å²) in [5.41, 5.74) is 6.32. The van der Waals surface area contributed by atoms with Crippen LogP contribution >= 0.6 is 0 Å². The maximum atomic E-state index is 13.3. The number of nitrogens with zero attached hydrogens (tertiary/aromatic N) is 3. The molecule has 0 spiro atoms. The number of hydrogen-bond acceptors (Lipinski definition) is 7. The van der Waals surface area contributed by atoms with Gasteiger partial charge in [-0.3, -0.25) is 10.1 Å². The molecule has 1 aliphatic heterocycles. The van der Waals surface area contributed by atoms with Crippen molar-refractivity contribution in [2.45, 2.75) is 0 Å². The van der Waals surface area contributed by atoms with Crippen LogP contribution in [0.5, 0.6) is 0 Å². The fourth-order valence-electron chi connectivity index (χ4n) is 2.77. The zero-order chi connectivity index (χ0) is 21.2. The molecule has 0 aromatic heterocycles. The first-order valence-electron chi connectivity index (χ1n) is 8.11. The lowest BCUT2D eigenvalue weighted by Gasteiger charge is -2.18. The van der Waals surface area contributed by atoms with Gasteiger partial charge in [0.25, 0.3) is 5.69 Å². The molecule has 1 heterocycles. The van der Waals surface area contributed by atoms with Crippen molar-refractivity contribution in [3.63, 3.8) is 0 Å². The Morgan fingerprint density at radius 2 is 1.34 bits per heavy atom. The number of benzene rings is 2. The second-order valence-electron chi connectivity index (χ2n) is 6.00. The molecule has 0 saturated carbocycles. The minimum Gasteiger partial charge on any atom is -0.399 e. The van der Waals surface area contributed by atoms with Crippen LogP contribution in [-0.2, 0) is 9.84 Å². The Kier molecular flexibility index (Phi) is 5.01. The second-order valence-corrected chi connectivity index (χ2v) is 7.89. The molecule has 0 radical (unpaired) electrons. The molecule has 0 amide bonds. The van der Waals surface area contributed by atoms with E-state index in [1.54, 1.807) is 12.1 Å². The van der Waals surface area contributed by atoms with Crippen LogP contribution in [0.25, 0.3) is 9.81 Å². The molecule has 0 fully saturated rings. The lowest BCUT2D eigenvalue weighted by molar-refractivity contribution is -0.384. The van der Waals surface area contributed by atoms with Crippen LogP contribution in [0.1, 0.15) is 11.1 Å². The summed E-state index contributed by atoms with van der Waals surface area (Å²) in [6.07, 6.45) is 2.48. The van der Waals surface area contributed by atoms with Crippen molar-refractivity contribution in [1.82, 2.24) is 0 Å². The average molecular weight is 404 g/mol. The molecule has 2 aromatic rings. The van der Waals surface area contributed by atoms with Gasteiger partial charge in [0.05, 0.1) is 14.7 Å². The van der Waals surface area contributed by atoms with Crippen LogP contribution in [0.3, 0.4) is 0 Å². The molecule has 8 nitrogen and oxygen atoms in total. The monoisotopic (exact) mass is 404 g/mol. The first kappa shape index (κ1) is 19.5. The van der Waals surface area contributed by atoms with Gasteiger partial charge in [-0.25, -0.2) is 8.42 Å². The summed E-state index contributed by atoms with van der Waals surface area (Å²) in [5, 5.41) is 29.3. The number of rotatable bonds is 3. The molecular weight excluding hydrogens is 392 g/mol. The molecule has 0 atom stereocenters. The van der Waals surface area contributed by atoms with Gasteiger partial charge in [-0.1, -0.05) is 12.1 Å². The quantitative estimate of drug-likeness (QED) is 0.356. The molecule has 2 aromatic carbocycles. The van der Waals surface area contributed by atoms with Gasteiger partial charge in [-0.15, -0.1) is 0 Å². The molecule has 2 N–H and O–H groups in total. The zero-order valence-corrected chi connectivity index (χ0v) is 15.6. The van der Waals surface area contributed by atoms with Gasteiger partial charge >= 0.3 is 0 Å². The summed E-state index contributed by atoms with van der Waals surface area (Å²) in [5.74, 6) is 0. The predicted octanol–water partition coefficient (Wildman–Crippen LogP) is 3.33. The number of nitriles is 2. The van der Waals surface area contributed by atoms with E-state index in [1.807, 2.05) is 0 Å². The number of sulfone groups is 1. The minimum atomic E-state index is -4.04. The van der Waals surface area contributed by atoms with Gasteiger partial charge < -0.3 is 5.73 Å². The highest BCUT2D eigenvalue weighted by Crippen LogP contribution is 2.39. The summed E-state index contributed by atoms with van der Waals surface area (Å²) in [6.45, 7) is 0. The van der Waals surface area contributed by atoms with Crippen molar-refractivity contribution in [3.8, 4) is 12.1 Å². The van der Waals surface area contributed by atoms with Gasteiger partial charge in [-0.2, -0.15) is 10.5 Å². The van der Waals surface area contributed by atoms with Gasteiger partial charge in [0.1, 0.15) is 17.7 Å². The van der Waals surface area contributed by atoms with Crippen molar-refractivity contribution in [2.24, 2.45) is 0 Å². The number of nitrogens with two attached hydrogens (primary N) is 1. The number of hydrogen-bond donors (Lipinski definition) is 1. The van der Waals surface area contributed by atoms with E-state index in [4.69, 9.17) is 5.73 Å². The number of nitrogen functional groups attached to an aromatic ring is 1. The number of nitro benzene ring substituents is 1. The summed E-state index contributed by atoms with van der Waals surface area (Å²) in [6, 6.07) is 14.6. The molecule has 0 bridgehead atoms. The van der Waals surface area contributed by atoms with Crippen LogP contribution in [0.2, 0.25) is 0 Å². The fraction of sp³-hybridized carbons (Fsp3) is 0. The molecule has 3 rings (SSSR count). The summed E-state index contributed by atoms with van der Waals surface area (Å²) in [7, 11) is -4.04.